The number of benzene rings is 1. The molecule has 0 atom stereocenters. The first kappa shape index (κ1) is 17.5. The van der Waals surface area contributed by atoms with Crippen molar-refractivity contribution in [3.8, 4) is 0 Å². The lowest BCUT2D eigenvalue weighted by Crippen LogP contribution is -2.49. The smallest absolute Gasteiger partial charge is 0.331 e. The lowest BCUT2D eigenvalue weighted by molar-refractivity contribution is -0.147. The van der Waals surface area contributed by atoms with Crippen LogP contribution >= 0.6 is 0 Å². The second-order valence-electron chi connectivity index (χ2n) is 6.37. The van der Waals surface area contributed by atoms with Gasteiger partial charge in [-0.2, -0.15) is 0 Å². The third-order valence-corrected chi connectivity index (χ3v) is 3.34. The number of esters is 1. The molecule has 1 aromatic rings. The molecule has 0 saturated heterocycles. The van der Waals surface area contributed by atoms with Gasteiger partial charge in [-0.3, -0.25) is 0 Å². The monoisotopic (exact) mass is 295 g/mol. The van der Waals surface area contributed by atoms with Crippen LogP contribution in [0.2, 0.25) is 0 Å². The molecule has 118 valence electrons. The van der Waals surface area contributed by atoms with Crippen molar-refractivity contribution in [2.75, 3.05) is 12.4 Å². The van der Waals surface area contributed by atoms with Crippen molar-refractivity contribution in [1.29, 1.82) is 0 Å². The molecule has 0 aliphatic carbocycles. The minimum absolute atomic E-state index is 0.280. The molecule has 1 aromatic carbocycles. The summed E-state index contributed by atoms with van der Waals surface area (Å²) in [6.07, 6.45) is 1.18. The summed E-state index contributed by atoms with van der Waals surface area (Å²) in [5.41, 5.74) is -0.566. The van der Waals surface area contributed by atoms with E-state index in [2.05, 4.69) is 5.32 Å². The van der Waals surface area contributed by atoms with Crippen LogP contribution in [0.25, 0.3) is 0 Å². The summed E-state index contributed by atoms with van der Waals surface area (Å²) in [5, 5.41) is 3.12. The molecule has 0 radical (unpaired) electrons. The van der Waals surface area contributed by atoms with Crippen molar-refractivity contribution in [1.82, 2.24) is 0 Å². The van der Waals surface area contributed by atoms with E-state index >= 15 is 0 Å². The molecule has 0 aliphatic rings. The quantitative estimate of drug-likeness (QED) is 0.765. The number of hydrogen-bond acceptors (Lipinski definition) is 3. The highest BCUT2D eigenvalue weighted by molar-refractivity contribution is 5.84. The zero-order chi connectivity index (χ0) is 16.0. The molecule has 0 spiro atoms. The molecular weight excluding hydrogens is 269 g/mol. The van der Waals surface area contributed by atoms with Crippen LogP contribution in [0.1, 0.15) is 40.5 Å². The first-order valence-corrected chi connectivity index (χ1v) is 7.42. The SMILES string of the molecule is COC(=O)C(CC(C)C)(CC(C)C)Nc1ccccc1F. The van der Waals surface area contributed by atoms with Crippen LogP contribution in [0.5, 0.6) is 0 Å². The maximum atomic E-state index is 13.9. The Balaban J connectivity index is 3.20. The number of anilines is 1. The van der Waals surface area contributed by atoms with E-state index in [0.29, 0.717) is 18.5 Å². The fourth-order valence-corrected chi connectivity index (χ4v) is 2.81. The highest BCUT2D eigenvalue weighted by Crippen LogP contribution is 2.31. The number of nitrogens with one attached hydrogen (secondary N) is 1. The average Bonchev–Trinajstić information content (AvgIpc) is 2.38. The Morgan fingerprint density at radius 1 is 1.19 bits per heavy atom. The molecule has 21 heavy (non-hydrogen) atoms. The Bertz CT molecular complexity index is 462. The van der Waals surface area contributed by atoms with Gasteiger partial charge in [0.05, 0.1) is 12.8 Å². The first-order chi connectivity index (χ1) is 9.80. The number of hydrogen-bond donors (Lipinski definition) is 1. The summed E-state index contributed by atoms with van der Waals surface area (Å²) in [7, 11) is 1.38. The molecule has 1 N–H and O–H groups in total. The Labute approximate surface area is 126 Å². The predicted octanol–water partition coefficient (Wildman–Crippen LogP) is 4.24. The van der Waals surface area contributed by atoms with Crippen LogP contribution in [0.15, 0.2) is 24.3 Å². The second kappa shape index (κ2) is 7.43. The minimum Gasteiger partial charge on any atom is -0.467 e. The van der Waals surface area contributed by atoms with Gasteiger partial charge in [-0.15, -0.1) is 0 Å². The Morgan fingerprint density at radius 3 is 2.14 bits per heavy atom. The van der Waals surface area contributed by atoms with Gasteiger partial charge in [-0.1, -0.05) is 39.8 Å². The van der Waals surface area contributed by atoms with Gasteiger partial charge < -0.3 is 10.1 Å². The third kappa shape index (κ3) is 4.73. The van der Waals surface area contributed by atoms with Gasteiger partial charge in [0.15, 0.2) is 0 Å². The number of rotatable bonds is 7. The highest BCUT2D eigenvalue weighted by Gasteiger charge is 2.41. The summed E-state index contributed by atoms with van der Waals surface area (Å²) in [5.74, 6) is -0.143. The zero-order valence-corrected chi connectivity index (χ0v) is 13.6. The highest BCUT2D eigenvalue weighted by atomic mass is 19.1. The van der Waals surface area contributed by atoms with E-state index in [4.69, 9.17) is 4.74 Å². The van der Waals surface area contributed by atoms with Crippen LogP contribution < -0.4 is 5.32 Å². The fraction of sp³-hybridized carbons (Fsp3) is 0.588. The molecule has 0 amide bonds. The third-order valence-electron chi connectivity index (χ3n) is 3.34. The number of carbonyl (C=O) groups is 1. The molecule has 3 nitrogen and oxygen atoms in total. The molecule has 0 bridgehead atoms. The normalized spacial score (nSPS) is 11.8. The van der Waals surface area contributed by atoms with Crippen molar-refractivity contribution in [2.24, 2.45) is 11.8 Å². The van der Waals surface area contributed by atoms with Crippen molar-refractivity contribution >= 4 is 11.7 Å². The Kier molecular flexibility index (Phi) is 6.19. The molecule has 4 heteroatoms. The van der Waals surface area contributed by atoms with Gasteiger partial charge in [0, 0.05) is 0 Å². The second-order valence-corrected chi connectivity index (χ2v) is 6.37. The number of carbonyl (C=O) groups excluding carboxylic acids is 1. The van der Waals surface area contributed by atoms with E-state index in [1.54, 1.807) is 18.2 Å². The van der Waals surface area contributed by atoms with Gasteiger partial charge in [0.25, 0.3) is 0 Å². The Hall–Kier alpha value is -1.58. The minimum atomic E-state index is -0.903. The number of methoxy groups -OCH3 is 1. The van der Waals surface area contributed by atoms with E-state index in [1.807, 2.05) is 27.7 Å². The largest absolute Gasteiger partial charge is 0.467 e. The summed E-state index contributed by atoms with van der Waals surface area (Å²) in [6.45, 7) is 8.17. The molecule has 0 aliphatic heterocycles. The van der Waals surface area contributed by atoms with Crippen LogP contribution in [-0.2, 0) is 9.53 Å². The van der Waals surface area contributed by atoms with Crippen molar-refractivity contribution in [3.63, 3.8) is 0 Å². The van der Waals surface area contributed by atoms with E-state index in [1.165, 1.54) is 13.2 Å². The van der Waals surface area contributed by atoms with Crippen molar-refractivity contribution in [3.05, 3.63) is 30.1 Å². The molecule has 0 saturated carbocycles. The molecule has 0 fully saturated rings. The summed E-state index contributed by atoms with van der Waals surface area (Å²) >= 11 is 0. The van der Waals surface area contributed by atoms with Crippen LogP contribution in [0, 0.1) is 17.7 Å². The van der Waals surface area contributed by atoms with Gasteiger partial charge in [0.2, 0.25) is 0 Å². The van der Waals surface area contributed by atoms with Gasteiger partial charge in [-0.05, 0) is 36.8 Å². The molecular formula is C17H26FNO2. The molecule has 0 aromatic heterocycles. The average molecular weight is 295 g/mol. The van der Waals surface area contributed by atoms with E-state index in [0.717, 1.165) is 0 Å². The fourth-order valence-electron chi connectivity index (χ4n) is 2.81. The van der Waals surface area contributed by atoms with Gasteiger partial charge in [0.1, 0.15) is 11.4 Å². The molecule has 0 unspecified atom stereocenters. The van der Waals surface area contributed by atoms with E-state index in [9.17, 15) is 9.18 Å². The number of para-hydroxylation sites is 1. The van der Waals surface area contributed by atoms with E-state index in [-0.39, 0.29) is 23.6 Å². The predicted molar refractivity (Wildman–Crippen MR) is 83.7 cm³/mol. The standard InChI is InChI=1S/C17H26FNO2/c1-12(2)10-17(11-13(3)4,16(20)21-5)19-15-9-7-6-8-14(15)18/h6-9,12-13,19H,10-11H2,1-5H3. The zero-order valence-electron chi connectivity index (χ0n) is 13.6. The maximum Gasteiger partial charge on any atom is 0.331 e. The molecule has 1 rings (SSSR count). The summed E-state index contributed by atoms with van der Waals surface area (Å²) < 4.78 is 19.0. The lowest BCUT2D eigenvalue weighted by atomic mass is 9.81. The van der Waals surface area contributed by atoms with Crippen LogP contribution in [-0.4, -0.2) is 18.6 Å². The topological polar surface area (TPSA) is 38.3 Å². The van der Waals surface area contributed by atoms with Crippen molar-refractivity contribution in [2.45, 2.75) is 46.1 Å². The number of ether oxygens (including phenoxy) is 1. The Morgan fingerprint density at radius 2 is 1.71 bits per heavy atom. The first-order valence-electron chi connectivity index (χ1n) is 7.42. The van der Waals surface area contributed by atoms with Crippen LogP contribution in [0.4, 0.5) is 10.1 Å². The maximum absolute atomic E-state index is 13.9. The molecule has 0 heterocycles. The summed E-state index contributed by atoms with van der Waals surface area (Å²) in [4.78, 5) is 12.4. The van der Waals surface area contributed by atoms with E-state index < -0.39 is 5.54 Å². The lowest BCUT2D eigenvalue weighted by Gasteiger charge is -2.36. The number of halogens is 1. The van der Waals surface area contributed by atoms with Crippen LogP contribution in [0.3, 0.4) is 0 Å². The van der Waals surface area contributed by atoms with Gasteiger partial charge >= 0.3 is 5.97 Å². The van der Waals surface area contributed by atoms with Crippen molar-refractivity contribution < 1.29 is 13.9 Å². The summed E-state index contributed by atoms with van der Waals surface area (Å²) in [6, 6.07) is 6.41. The van der Waals surface area contributed by atoms with Gasteiger partial charge in [-0.25, -0.2) is 9.18 Å².